The molecule has 5 radical (unpaired) electrons. The molecule has 0 aliphatic heterocycles. The predicted octanol–water partition coefficient (Wildman–Crippen LogP) is 7.47. The molecule has 0 heterocycles. The van der Waals surface area contributed by atoms with Gasteiger partial charge in [-0.15, -0.1) is 20.5 Å². The molecule has 40 heteroatoms. The van der Waals surface area contributed by atoms with E-state index in [-0.39, 0.29) is 238 Å². The van der Waals surface area contributed by atoms with Gasteiger partial charge >= 0.3 is 0 Å². The molecule has 84 heavy (non-hydrogen) atoms. The van der Waals surface area contributed by atoms with Gasteiger partial charge in [0, 0.05) is 164 Å². The molecule has 0 amide bonds. The number of nitrogens with one attached hydrogen (secondary N) is 1. The first-order chi connectivity index (χ1) is 36.8. The van der Waals surface area contributed by atoms with E-state index in [1.54, 1.807) is 0 Å². The number of fused-ring (bicyclic) bond motifs is 2. The van der Waals surface area contributed by atoms with Crippen molar-refractivity contribution in [3.05, 3.63) is 115 Å². The van der Waals surface area contributed by atoms with Crippen LogP contribution in [0, 0.1) is 0 Å². The molecule has 0 saturated heterocycles. The van der Waals surface area contributed by atoms with E-state index in [0.29, 0.717) is 0 Å². The molecule has 8 aromatic carbocycles. The van der Waals surface area contributed by atoms with Crippen LogP contribution in [0.3, 0.4) is 0 Å². The molecule has 0 aromatic heterocycles. The predicted molar refractivity (Wildman–Crippen MR) is 312 cm³/mol. The van der Waals surface area contributed by atoms with Crippen LogP contribution in [0.5, 0.6) is 11.5 Å². The van der Waals surface area contributed by atoms with Crippen LogP contribution >= 0.6 is 0 Å². The molecule has 0 saturated carbocycles. The Kier molecular flexibility index (Phi) is 25.4. The third-order valence-electron chi connectivity index (χ3n) is 11.0. The van der Waals surface area contributed by atoms with E-state index < -0.39 is 97.9 Å². The molecule has 8 aromatic rings. The number of hydrogen-bond acceptors (Lipinski definition) is 25. The fraction of sp³-hybridized carbons (Fsp3) is 0. The van der Waals surface area contributed by atoms with E-state index >= 15 is 0 Å². The fourth-order valence-corrected chi connectivity index (χ4v) is 10.5. The van der Waals surface area contributed by atoms with Crippen molar-refractivity contribution < 1.29 is 75.1 Å². The monoisotopic (exact) mass is 1290 g/mol. The topological polar surface area (TPSA) is 527 Å². The van der Waals surface area contributed by atoms with Crippen molar-refractivity contribution in [2.24, 2.45) is 40.9 Å². The number of rotatable bonds is 15. The molecular formula is C44H35N13Na5O17S5. The van der Waals surface area contributed by atoms with Crippen molar-refractivity contribution in [2.45, 2.75) is 24.5 Å². The van der Waals surface area contributed by atoms with Gasteiger partial charge in [0.05, 0.1) is 51.2 Å². The van der Waals surface area contributed by atoms with Crippen molar-refractivity contribution in [1.29, 1.82) is 0 Å². The summed E-state index contributed by atoms with van der Waals surface area (Å²) in [5.74, 6) is -1.67. The Morgan fingerprint density at radius 3 is 1.05 bits per heavy atom. The zero-order valence-corrected chi connectivity index (χ0v) is 58.2. The standard InChI is InChI=1S/C44H35N13O17S5.5Na/c45-29-16-31(47)36(75(60,61)62)18-34(29)54-51-24-3-1-20-11-39(78(69,70)71)41(43(58)27(20)13-24)56-50-23-7-5-22(6-8-23)49-33-10-9-26(15-38(33)77(66,67)68)53-57-42-40(79(72,73)74)12-21-2-4-25(14-28(21)44(42)59)52-55-35-19-37(76(63,64)65)32(48)17-30(35)46;;;;;/h1-19,49,58-59H,45-48H2,(H,60,61,62)(H,63,64,65)(H,66,67,68)(H,69,70,71)(H,72,73,74);;;;;. The van der Waals surface area contributed by atoms with Crippen LogP contribution in [0.15, 0.2) is 181 Å². The summed E-state index contributed by atoms with van der Waals surface area (Å²) in [4.78, 5) is -3.97. The largest absolute Gasteiger partial charge is 0.505 e. The molecule has 0 fully saturated rings. The zero-order chi connectivity index (χ0) is 57.7. The Bertz CT molecular complexity index is 4650. The summed E-state index contributed by atoms with van der Waals surface area (Å²) in [5.41, 5.74) is 19.6. The Balaban J connectivity index is 0.00000370. The van der Waals surface area contributed by atoms with Crippen molar-refractivity contribution in [3.63, 3.8) is 0 Å². The van der Waals surface area contributed by atoms with Gasteiger partial charge in [-0.3, -0.25) is 22.8 Å². The molecule has 0 aliphatic rings. The number of phenolic OH excluding ortho intramolecular Hbond substituents is 2. The Hall–Kier alpha value is -4.17. The maximum atomic E-state index is 12.7. The summed E-state index contributed by atoms with van der Waals surface area (Å²) >= 11 is 0. The third kappa shape index (κ3) is 17.3. The minimum atomic E-state index is -5.14. The number of hydrogen-bond donors (Lipinski definition) is 12. The number of benzene rings is 8. The summed E-state index contributed by atoms with van der Waals surface area (Å²) in [7, 11) is -24.8. The van der Waals surface area contributed by atoms with Crippen molar-refractivity contribution in [3.8, 4) is 11.5 Å². The fourth-order valence-electron chi connectivity index (χ4n) is 7.29. The molecule has 30 nitrogen and oxygen atoms in total. The number of phenols is 2. The van der Waals surface area contributed by atoms with Gasteiger partial charge in [-0.1, -0.05) is 12.1 Å². The van der Waals surface area contributed by atoms with Gasteiger partial charge in [-0.05, 0) is 114 Å². The summed E-state index contributed by atoms with van der Waals surface area (Å²) in [6.07, 6.45) is 0. The van der Waals surface area contributed by atoms with Gasteiger partial charge in [-0.25, -0.2) is 0 Å². The van der Waals surface area contributed by atoms with Crippen LogP contribution in [0.1, 0.15) is 0 Å². The average molecular weight is 1290 g/mol. The zero-order valence-electron chi connectivity index (χ0n) is 44.1. The van der Waals surface area contributed by atoms with Crippen molar-refractivity contribution in [1.82, 2.24) is 0 Å². The van der Waals surface area contributed by atoms with Gasteiger partial charge in [0.15, 0.2) is 11.5 Å². The smallest absolute Gasteiger partial charge is 0.296 e. The Labute approximate surface area is 587 Å². The van der Waals surface area contributed by atoms with Crippen LogP contribution in [-0.4, -0.2) is 223 Å². The van der Waals surface area contributed by atoms with Gasteiger partial charge in [-0.2, -0.15) is 62.5 Å². The number of nitrogen functional groups attached to an aromatic ring is 4. The molecule has 413 valence electrons. The van der Waals surface area contributed by atoms with Crippen LogP contribution < -0.4 is 28.3 Å². The molecule has 16 N–H and O–H groups in total. The summed E-state index contributed by atoms with van der Waals surface area (Å²) in [5, 5.41) is 56.4. The van der Waals surface area contributed by atoms with Gasteiger partial charge in [0.25, 0.3) is 50.6 Å². The quantitative estimate of drug-likeness (QED) is 0.0205. The van der Waals surface area contributed by atoms with E-state index in [9.17, 15) is 75.1 Å². The SMILES string of the molecule is Nc1cc(N)c(S(=O)(=O)O)cc1N=Nc1ccc2cc(S(=O)(=O)O)c(N=Nc3ccc(Nc4ccc(N=Nc5c(S(=O)(=O)O)cc6ccc(N=Nc7cc(S(=O)(=O)O)c(N)cc7N)cc6c5O)cc4S(=O)(=O)O)cc3)c(O)c2c1.[Na].[Na].[Na].[Na].[Na]. The molecule has 0 unspecified atom stereocenters. The Morgan fingerprint density at radius 2 is 0.667 bits per heavy atom. The first kappa shape index (κ1) is 74.1. The number of nitrogens with zero attached hydrogens (tertiary/aromatic N) is 8. The summed E-state index contributed by atoms with van der Waals surface area (Å²) < 4.78 is 172. The molecule has 8 rings (SSSR count). The molecule has 0 spiro atoms. The maximum absolute atomic E-state index is 12.7. The van der Waals surface area contributed by atoms with E-state index in [2.05, 4.69) is 46.2 Å². The second kappa shape index (κ2) is 28.8. The molecule has 0 bridgehead atoms. The van der Waals surface area contributed by atoms with E-state index in [4.69, 9.17) is 22.9 Å². The van der Waals surface area contributed by atoms with Crippen molar-refractivity contribution >= 4 is 300 Å². The van der Waals surface area contributed by atoms with Gasteiger partial charge < -0.3 is 38.5 Å². The van der Waals surface area contributed by atoms with Gasteiger partial charge in [0.2, 0.25) is 0 Å². The van der Waals surface area contributed by atoms with Crippen LogP contribution in [0.4, 0.5) is 79.6 Å². The first-order valence-corrected chi connectivity index (χ1v) is 28.5. The van der Waals surface area contributed by atoms with Gasteiger partial charge in [0.1, 0.15) is 47.2 Å². The van der Waals surface area contributed by atoms with E-state index in [1.807, 2.05) is 0 Å². The minimum absolute atomic E-state index is 0. The number of anilines is 6. The minimum Gasteiger partial charge on any atom is -0.505 e. The third-order valence-corrected chi connectivity index (χ3v) is 15.4. The molecule has 0 aliphatic carbocycles. The van der Waals surface area contributed by atoms with E-state index in [1.165, 1.54) is 60.7 Å². The Morgan fingerprint density at radius 1 is 0.333 bits per heavy atom. The van der Waals surface area contributed by atoms with Crippen LogP contribution in [0.25, 0.3) is 21.5 Å². The summed E-state index contributed by atoms with van der Waals surface area (Å²) in [6, 6.07) is 21.7. The molecular weight excluding hydrogens is 1260 g/mol. The normalized spacial score (nSPS) is 12.2. The average Bonchev–Trinajstić information content (AvgIpc) is 2.60. The number of nitrogens with two attached hydrogens (primary N) is 4. The van der Waals surface area contributed by atoms with Crippen LogP contribution in [-0.2, 0) is 50.6 Å². The van der Waals surface area contributed by atoms with Crippen LogP contribution in [0.2, 0.25) is 0 Å². The number of azo groups is 4. The summed E-state index contributed by atoms with van der Waals surface area (Å²) in [6.45, 7) is 0. The van der Waals surface area contributed by atoms with E-state index in [0.717, 1.165) is 54.6 Å². The van der Waals surface area contributed by atoms with Crippen molar-refractivity contribution in [2.75, 3.05) is 28.3 Å². The maximum Gasteiger partial charge on any atom is 0.296 e. The molecule has 0 atom stereocenters. The first-order valence-electron chi connectivity index (χ1n) is 21.3. The second-order valence-corrected chi connectivity index (χ2v) is 23.3. The number of aromatic hydroxyl groups is 2. The second-order valence-electron chi connectivity index (χ2n) is 16.4.